The summed E-state index contributed by atoms with van der Waals surface area (Å²) in [6, 6.07) is 7.00. The molecule has 6 nitrogen and oxygen atoms in total. The Labute approximate surface area is 111 Å². The van der Waals surface area contributed by atoms with Crippen LogP contribution in [0.5, 0.6) is 0 Å². The Morgan fingerprint density at radius 1 is 1.32 bits per heavy atom. The Bertz CT molecular complexity index is 480. The van der Waals surface area contributed by atoms with Crippen molar-refractivity contribution in [2.45, 2.75) is 20.3 Å². The summed E-state index contributed by atoms with van der Waals surface area (Å²) < 4.78 is 4.70. The van der Waals surface area contributed by atoms with Gasteiger partial charge in [0.2, 0.25) is 0 Å². The van der Waals surface area contributed by atoms with E-state index in [0.29, 0.717) is 5.56 Å². The normalized spacial score (nSPS) is 10.9. The van der Waals surface area contributed by atoms with Gasteiger partial charge in [0.15, 0.2) is 0 Å². The third-order valence-electron chi connectivity index (χ3n) is 2.25. The molecule has 0 heterocycles. The van der Waals surface area contributed by atoms with Crippen LogP contribution in [0.1, 0.15) is 29.3 Å². The number of esters is 1. The van der Waals surface area contributed by atoms with Gasteiger partial charge < -0.3 is 10.5 Å². The average molecular weight is 263 g/mol. The van der Waals surface area contributed by atoms with Crippen LogP contribution in [-0.4, -0.2) is 24.3 Å². The molecule has 1 rings (SSSR count). The molecule has 1 aromatic rings. The van der Waals surface area contributed by atoms with Crippen molar-refractivity contribution in [1.82, 2.24) is 5.43 Å². The topological polar surface area (TPSA) is 93.8 Å². The zero-order valence-electron chi connectivity index (χ0n) is 11.0. The van der Waals surface area contributed by atoms with Gasteiger partial charge >= 0.3 is 5.97 Å². The molecule has 6 heteroatoms. The average Bonchev–Trinajstić information content (AvgIpc) is 2.37. The van der Waals surface area contributed by atoms with Gasteiger partial charge in [-0.1, -0.05) is 17.7 Å². The molecular formula is C13H17N3O3. The number of hydrogen-bond acceptors (Lipinski definition) is 4. The molecule has 0 aliphatic rings. The fraction of sp³-hybridized carbons (Fsp3) is 0.308. The summed E-state index contributed by atoms with van der Waals surface area (Å²) in [5.74, 6) is -0.862. The number of carbonyl (C=O) groups is 2. The number of hydrazone groups is 1. The highest BCUT2D eigenvalue weighted by Gasteiger charge is 2.07. The molecule has 0 aliphatic carbocycles. The number of carbonyl (C=O) groups excluding carboxylic acids is 2. The monoisotopic (exact) mass is 263 g/mol. The van der Waals surface area contributed by atoms with Gasteiger partial charge in [0.25, 0.3) is 5.91 Å². The predicted molar refractivity (Wildman–Crippen MR) is 71.5 cm³/mol. The summed E-state index contributed by atoms with van der Waals surface area (Å²) in [6.45, 7) is 3.91. The van der Waals surface area contributed by atoms with Crippen molar-refractivity contribution in [1.29, 1.82) is 0 Å². The molecule has 19 heavy (non-hydrogen) atoms. The van der Waals surface area contributed by atoms with E-state index in [1.165, 1.54) is 0 Å². The van der Waals surface area contributed by atoms with Gasteiger partial charge in [0, 0.05) is 5.56 Å². The number of benzene rings is 1. The molecule has 0 atom stereocenters. The SMILES string of the molecule is CCOC(=O)C/C(N)=N\NC(=O)c1ccc(C)cc1. The van der Waals surface area contributed by atoms with E-state index in [9.17, 15) is 9.59 Å². The second kappa shape index (κ2) is 7.15. The zero-order valence-corrected chi connectivity index (χ0v) is 11.0. The van der Waals surface area contributed by atoms with E-state index in [-0.39, 0.29) is 24.8 Å². The Kier molecular flexibility index (Phi) is 5.53. The van der Waals surface area contributed by atoms with Crippen molar-refractivity contribution in [2.24, 2.45) is 10.8 Å². The van der Waals surface area contributed by atoms with Crippen LogP contribution in [0.3, 0.4) is 0 Å². The Morgan fingerprint density at radius 2 is 1.95 bits per heavy atom. The number of amidine groups is 1. The lowest BCUT2D eigenvalue weighted by Gasteiger charge is -2.03. The van der Waals surface area contributed by atoms with Crippen molar-refractivity contribution in [3.8, 4) is 0 Å². The molecule has 0 saturated heterocycles. The summed E-state index contributed by atoms with van der Waals surface area (Å²) in [7, 11) is 0. The van der Waals surface area contributed by atoms with E-state index in [2.05, 4.69) is 10.5 Å². The van der Waals surface area contributed by atoms with Crippen LogP contribution in [0, 0.1) is 6.92 Å². The molecule has 102 valence electrons. The maximum Gasteiger partial charge on any atom is 0.313 e. The van der Waals surface area contributed by atoms with Crippen LogP contribution in [0.4, 0.5) is 0 Å². The highest BCUT2D eigenvalue weighted by molar-refractivity contribution is 5.98. The molecule has 0 aliphatic heterocycles. The number of amides is 1. The lowest BCUT2D eigenvalue weighted by Crippen LogP contribution is -2.25. The van der Waals surface area contributed by atoms with Crippen molar-refractivity contribution in [3.63, 3.8) is 0 Å². The van der Waals surface area contributed by atoms with Crippen LogP contribution < -0.4 is 11.2 Å². The molecule has 3 N–H and O–H groups in total. The number of nitrogens with zero attached hydrogens (tertiary/aromatic N) is 1. The van der Waals surface area contributed by atoms with E-state index < -0.39 is 5.97 Å². The third kappa shape index (κ3) is 5.20. The molecular weight excluding hydrogens is 246 g/mol. The quantitative estimate of drug-likeness (QED) is 0.358. The molecule has 1 amide bonds. The van der Waals surface area contributed by atoms with Gasteiger partial charge in [-0.3, -0.25) is 9.59 Å². The number of hydrogen-bond donors (Lipinski definition) is 2. The maximum absolute atomic E-state index is 11.7. The van der Waals surface area contributed by atoms with E-state index in [0.717, 1.165) is 5.56 Å². The van der Waals surface area contributed by atoms with Crippen LogP contribution in [0.15, 0.2) is 29.4 Å². The first kappa shape index (κ1) is 14.7. The fourth-order valence-electron chi connectivity index (χ4n) is 1.29. The third-order valence-corrected chi connectivity index (χ3v) is 2.25. The van der Waals surface area contributed by atoms with Gasteiger partial charge in [-0.2, -0.15) is 5.10 Å². The van der Waals surface area contributed by atoms with E-state index >= 15 is 0 Å². The van der Waals surface area contributed by atoms with Gasteiger partial charge in [0.1, 0.15) is 12.3 Å². The number of nitrogens with two attached hydrogens (primary N) is 1. The minimum absolute atomic E-state index is 0.00101. The molecule has 0 bridgehead atoms. The molecule has 0 saturated carbocycles. The summed E-state index contributed by atoms with van der Waals surface area (Å²) in [5.41, 5.74) is 9.30. The molecule has 0 fully saturated rings. The Balaban J connectivity index is 2.53. The second-order valence-corrected chi connectivity index (χ2v) is 3.89. The van der Waals surface area contributed by atoms with Crippen LogP contribution in [-0.2, 0) is 9.53 Å². The predicted octanol–water partition coefficient (Wildman–Crippen LogP) is 0.950. The fourth-order valence-corrected chi connectivity index (χ4v) is 1.29. The highest BCUT2D eigenvalue weighted by Crippen LogP contribution is 2.02. The largest absolute Gasteiger partial charge is 0.466 e. The maximum atomic E-state index is 11.7. The van der Waals surface area contributed by atoms with E-state index in [4.69, 9.17) is 10.5 Å². The summed E-state index contributed by atoms with van der Waals surface area (Å²) in [4.78, 5) is 22.8. The summed E-state index contributed by atoms with van der Waals surface area (Å²) in [6.07, 6.45) is -0.151. The summed E-state index contributed by atoms with van der Waals surface area (Å²) >= 11 is 0. The van der Waals surface area contributed by atoms with Gasteiger partial charge in [-0.25, -0.2) is 5.43 Å². The molecule has 0 aromatic heterocycles. The number of nitrogens with one attached hydrogen (secondary N) is 1. The van der Waals surface area contributed by atoms with Crippen molar-refractivity contribution >= 4 is 17.7 Å². The van der Waals surface area contributed by atoms with Crippen LogP contribution in [0.25, 0.3) is 0 Å². The smallest absolute Gasteiger partial charge is 0.313 e. The number of aryl methyl sites for hydroxylation is 1. The lowest BCUT2D eigenvalue weighted by atomic mass is 10.1. The lowest BCUT2D eigenvalue weighted by molar-refractivity contribution is -0.141. The van der Waals surface area contributed by atoms with E-state index in [1.807, 2.05) is 19.1 Å². The molecule has 0 spiro atoms. The first-order valence-electron chi connectivity index (χ1n) is 5.87. The molecule has 0 radical (unpaired) electrons. The minimum Gasteiger partial charge on any atom is -0.466 e. The zero-order chi connectivity index (χ0) is 14.3. The second-order valence-electron chi connectivity index (χ2n) is 3.89. The highest BCUT2D eigenvalue weighted by atomic mass is 16.5. The van der Waals surface area contributed by atoms with Gasteiger partial charge in [0.05, 0.1) is 6.61 Å². The number of ether oxygens (including phenoxy) is 1. The standard InChI is InChI=1S/C13H17N3O3/c1-3-19-12(17)8-11(14)15-16-13(18)10-6-4-9(2)5-7-10/h4-7H,3,8H2,1-2H3,(H2,14,15)(H,16,18). The Hall–Kier alpha value is -2.37. The molecule has 0 unspecified atom stereocenters. The minimum atomic E-state index is -0.478. The van der Waals surface area contributed by atoms with Crippen molar-refractivity contribution < 1.29 is 14.3 Å². The summed E-state index contributed by atoms with van der Waals surface area (Å²) in [5, 5.41) is 3.64. The van der Waals surface area contributed by atoms with E-state index in [1.54, 1.807) is 19.1 Å². The van der Waals surface area contributed by atoms with Gasteiger partial charge in [-0.15, -0.1) is 0 Å². The van der Waals surface area contributed by atoms with Gasteiger partial charge in [-0.05, 0) is 26.0 Å². The van der Waals surface area contributed by atoms with Crippen molar-refractivity contribution in [2.75, 3.05) is 6.61 Å². The number of rotatable bonds is 5. The van der Waals surface area contributed by atoms with Crippen LogP contribution in [0.2, 0.25) is 0 Å². The Morgan fingerprint density at radius 3 is 2.53 bits per heavy atom. The molecule has 1 aromatic carbocycles. The van der Waals surface area contributed by atoms with Crippen molar-refractivity contribution in [3.05, 3.63) is 35.4 Å². The first-order chi connectivity index (χ1) is 9.02. The first-order valence-corrected chi connectivity index (χ1v) is 5.87. The van der Waals surface area contributed by atoms with Crippen LogP contribution >= 0.6 is 0 Å².